The van der Waals surface area contributed by atoms with Crippen LogP contribution in [-0.2, 0) is 36.3 Å². The van der Waals surface area contributed by atoms with Gasteiger partial charge in [-0.25, -0.2) is 17.2 Å². The normalized spacial score (nSPS) is 22.6. The van der Waals surface area contributed by atoms with E-state index in [1.165, 1.54) is 0 Å². The molecule has 0 radical (unpaired) electrons. The molecule has 2 aromatic rings. The van der Waals surface area contributed by atoms with E-state index in [0.717, 1.165) is 43.3 Å². The minimum absolute atomic E-state index is 0.0280. The Kier molecular flexibility index (Phi) is 8.30. The summed E-state index contributed by atoms with van der Waals surface area (Å²) in [7, 11) is -6.79. The predicted octanol–water partition coefficient (Wildman–Crippen LogP) is 5.36. The van der Waals surface area contributed by atoms with Crippen molar-refractivity contribution in [1.82, 2.24) is 0 Å². The second kappa shape index (κ2) is 10.5. The van der Waals surface area contributed by atoms with Crippen molar-refractivity contribution in [1.29, 1.82) is 0 Å². The Balaban J connectivity index is 0.000000364. The van der Waals surface area contributed by atoms with E-state index < -0.39 is 65.9 Å². The van der Waals surface area contributed by atoms with Gasteiger partial charge in [0.15, 0.2) is 11.6 Å². The Bertz CT molecular complexity index is 1260. The molecule has 0 aliphatic carbocycles. The molecule has 2 aliphatic heterocycles. The van der Waals surface area contributed by atoms with Gasteiger partial charge in [-0.3, -0.25) is 4.21 Å². The van der Waals surface area contributed by atoms with Crippen molar-refractivity contribution in [2.24, 2.45) is 5.92 Å². The van der Waals surface area contributed by atoms with Crippen LogP contribution < -0.4 is 4.74 Å². The lowest BCUT2D eigenvalue weighted by molar-refractivity contribution is -0.137. The fourth-order valence-corrected chi connectivity index (χ4v) is 6.25. The number of ether oxygens (including phenoxy) is 2. The van der Waals surface area contributed by atoms with Crippen LogP contribution in [0, 0.1) is 17.6 Å². The Labute approximate surface area is 209 Å². The van der Waals surface area contributed by atoms with Gasteiger partial charge in [-0.15, -0.1) is 0 Å². The summed E-state index contributed by atoms with van der Waals surface area (Å²) in [5, 5.41) is 0. The van der Waals surface area contributed by atoms with Gasteiger partial charge in [-0.05, 0) is 42.8 Å². The molecular formula is C22H20F8O5S2. The molecule has 2 aromatic carbocycles. The van der Waals surface area contributed by atoms with Crippen molar-refractivity contribution < 1.29 is 57.2 Å². The maximum atomic E-state index is 14.8. The minimum Gasteiger partial charge on any atom is -0.490 e. The molecule has 0 amide bonds. The van der Waals surface area contributed by atoms with Crippen LogP contribution in [0.4, 0.5) is 35.1 Å². The molecule has 2 aliphatic rings. The van der Waals surface area contributed by atoms with Gasteiger partial charge >= 0.3 is 11.7 Å². The van der Waals surface area contributed by atoms with Gasteiger partial charge < -0.3 is 9.47 Å². The maximum absolute atomic E-state index is 14.8. The van der Waals surface area contributed by atoms with E-state index >= 15 is 0 Å². The molecule has 0 saturated carbocycles. The van der Waals surface area contributed by atoms with Crippen molar-refractivity contribution in [2.75, 3.05) is 25.6 Å². The van der Waals surface area contributed by atoms with Gasteiger partial charge in [0.25, 0.3) is 0 Å². The fourth-order valence-electron chi connectivity index (χ4n) is 4.03. The number of benzene rings is 2. The van der Waals surface area contributed by atoms with Gasteiger partial charge in [-0.2, -0.15) is 26.3 Å². The molecule has 0 aromatic heterocycles. The first-order valence-electron chi connectivity index (χ1n) is 10.6. The Morgan fingerprint density at radius 2 is 1.57 bits per heavy atom. The lowest BCUT2D eigenvalue weighted by atomic mass is 9.79. The highest BCUT2D eigenvalue weighted by molar-refractivity contribution is 7.92. The second-order valence-electron chi connectivity index (χ2n) is 8.10. The van der Waals surface area contributed by atoms with E-state index in [1.54, 1.807) is 0 Å². The molecule has 15 heteroatoms. The molecule has 0 N–H and O–H groups in total. The average molecular weight is 581 g/mol. The van der Waals surface area contributed by atoms with Gasteiger partial charge in [0.1, 0.15) is 5.82 Å². The summed E-state index contributed by atoms with van der Waals surface area (Å²) in [5.74, 6) is -3.25. The first-order chi connectivity index (χ1) is 17.1. The minimum atomic E-state index is -5.08. The zero-order chi connectivity index (χ0) is 27.8. The fraction of sp³-hybridized carbons (Fsp3) is 0.455. The topological polar surface area (TPSA) is 69.7 Å². The summed E-state index contributed by atoms with van der Waals surface area (Å²) in [6.45, 7) is 1.21. The number of alkyl halides is 6. The smallest absolute Gasteiger partial charge is 0.490 e. The lowest BCUT2D eigenvalue weighted by Gasteiger charge is -2.46. The summed E-state index contributed by atoms with van der Waals surface area (Å²) < 4.78 is 144. The third-order valence-electron chi connectivity index (χ3n) is 5.97. The van der Waals surface area contributed by atoms with E-state index in [9.17, 15) is 47.8 Å². The monoisotopic (exact) mass is 580 g/mol. The lowest BCUT2D eigenvalue weighted by Crippen LogP contribution is -2.52. The zero-order valence-electron chi connectivity index (χ0n) is 19.0. The number of hydrogen-bond acceptors (Lipinski definition) is 5. The molecular weight excluding hydrogens is 560 g/mol. The van der Waals surface area contributed by atoms with Crippen molar-refractivity contribution in [3.05, 3.63) is 59.2 Å². The first-order valence-corrected chi connectivity index (χ1v) is 13.4. The summed E-state index contributed by atoms with van der Waals surface area (Å²) in [5.41, 5.74) is -6.09. The molecule has 37 heavy (non-hydrogen) atoms. The van der Waals surface area contributed by atoms with E-state index in [1.807, 2.05) is 0 Å². The standard InChI is InChI=1S/C19H15F5O3S.C3H5F3O2S/c20-14-5-6-15(21)17-16(14)18(7-8-26-9-12(18)10-27-17)28(25)13-3-1-11(2-4-13)19(22,23)24;1-2-9(7,8)3(4,5)6/h1-6,12H,7-10H2;2H2,1H3/t12?,18-,28?;/m0./s1. The average Bonchev–Trinajstić information content (AvgIpc) is 2.84. The number of fused-ring (bicyclic) bond motifs is 3. The molecule has 206 valence electrons. The third-order valence-corrected chi connectivity index (χ3v) is 9.54. The molecule has 2 unspecified atom stereocenters. The SMILES string of the molecule is CCS(=O)(=O)C(F)(F)F.O=S(c1ccc(C(F)(F)F)cc1)[C@@]12CCOCC1COc1c(F)ccc(F)c12. The van der Waals surface area contributed by atoms with Crippen LogP contribution in [0.1, 0.15) is 24.5 Å². The van der Waals surface area contributed by atoms with Crippen molar-refractivity contribution in [3.63, 3.8) is 0 Å². The highest BCUT2D eigenvalue weighted by Gasteiger charge is 2.54. The predicted molar refractivity (Wildman–Crippen MR) is 116 cm³/mol. The first kappa shape index (κ1) is 29.3. The highest BCUT2D eigenvalue weighted by Crippen LogP contribution is 2.52. The van der Waals surface area contributed by atoms with Gasteiger partial charge in [0.05, 0.1) is 45.6 Å². The van der Waals surface area contributed by atoms with Gasteiger partial charge in [0.2, 0.25) is 9.84 Å². The summed E-state index contributed by atoms with van der Waals surface area (Å²) in [6, 6.07) is 5.78. The number of hydrogen-bond donors (Lipinski definition) is 0. The molecule has 1 fully saturated rings. The second-order valence-corrected chi connectivity index (χ2v) is 12.1. The van der Waals surface area contributed by atoms with Crippen LogP contribution in [-0.4, -0.2) is 43.7 Å². The quantitative estimate of drug-likeness (QED) is 0.458. The molecule has 0 bridgehead atoms. The van der Waals surface area contributed by atoms with Gasteiger partial charge in [0, 0.05) is 17.4 Å². The van der Waals surface area contributed by atoms with E-state index in [2.05, 4.69) is 0 Å². The molecule has 4 rings (SSSR count). The van der Waals surface area contributed by atoms with Crippen molar-refractivity contribution in [3.8, 4) is 5.75 Å². The van der Waals surface area contributed by atoms with Crippen molar-refractivity contribution >= 4 is 20.6 Å². The number of sulfone groups is 1. The summed E-state index contributed by atoms with van der Waals surface area (Å²) in [4.78, 5) is 0.108. The van der Waals surface area contributed by atoms with Crippen LogP contribution >= 0.6 is 0 Å². The molecule has 1 saturated heterocycles. The van der Waals surface area contributed by atoms with Crippen LogP contribution in [0.15, 0.2) is 41.3 Å². The molecule has 0 spiro atoms. The Morgan fingerprint density at radius 3 is 2.08 bits per heavy atom. The van der Waals surface area contributed by atoms with E-state index in [4.69, 9.17) is 9.47 Å². The highest BCUT2D eigenvalue weighted by atomic mass is 32.2. The van der Waals surface area contributed by atoms with Gasteiger partial charge in [-0.1, -0.05) is 6.92 Å². The van der Waals surface area contributed by atoms with E-state index in [0.29, 0.717) is 0 Å². The van der Waals surface area contributed by atoms with Crippen molar-refractivity contribution in [2.45, 2.75) is 34.7 Å². The zero-order valence-corrected chi connectivity index (χ0v) is 20.6. The molecule has 5 nitrogen and oxygen atoms in total. The summed E-state index contributed by atoms with van der Waals surface area (Å²) >= 11 is 0. The van der Waals surface area contributed by atoms with Crippen LogP contribution in [0.25, 0.3) is 0 Å². The van der Waals surface area contributed by atoms with Crippen LogP contribution in [0.2, 0.25) is 0 Å². The Morgan fingerprint density at radius 1 is 0.973 bits per heavy atom. The van der Waals surface area contributed by atoms with Crippen LogP contribution in [0.5, 0.6) is 5.75 Å². The Hall–Kier alpha value is -2.26. The maximum Gasteiger partial charge on any atom is 0.497 e. The number of rotatable bonds is 3. The molecule has 2 heterocycles. The third kappa shape index (κ3) is 5.62. The van der Waals surface area contributed by atoms with Crippen LogP contribution in [0.3, 0.4) is 0 Å². The number of halogens is 8. The van der Waals surface area contributed by atoms with E-state index in [-0.39, 0.29) is 42.4 Å². The largest absolute Gasteiger partial charge is 0.497 e. The summed E-state index contributed by atoms with van der Waals surface area (Å²) in [6.07, 6.45) is -4.40. The molecule has 3 atom stereocenters.